The van der Waals surface area contributed by atoms with Crippen LogP contribution in [-0.4, -0.2) is 22.8 Å². The average molecular weight is 196 g/mol. The monoisotopic (exact) mass is 196 g/mol. The molecule has 0 bridgehead atoms. The molecule has 0 aliphatic rings. The Morgan fingerprint density at radius 2 is 2.36 bits per heavy atom. The second kappa shape index (κ2) is 4.55. The minimum atomic E-state index is -0.609. The topological polar surface area (TPSA) is 72.0 Å². The Morgan fingerprint density at radius 1 is 1.64 bits per heavy atom. The predicted molar refractivity (Wildman–Crippen MR) is 50.0 cm³/mol. The first-order valence-corrected chi connectivity index (χ1v) is 4.32. The first-order chi connectivity index (χ1) is 6.61. The van der Waals surface area contributed by atoms with Crippen molar-refractivity contribution in [3.05, 3.63) is 28.2 Å². The van der Waals surface area contributed by atoms with E-state index in [1.807, 2.05) is 13.8 Å². The van der Waals surface area contributed by atoms with Crippen molar-refractivity contribution in [1.82, 2.24) is 10.2 Å². The summed E-state index contributed by atoms with van der Waals surface area (Å²) < 4.78 is 4.88. The fourth-order valence-electron chi connectivity index (χ4n) is 0.824. The van der Waals surface area contributed by atoms with E-state index in [1.165, 1.54) is 12.3 Å². The number of esters is 1. The summed E-state index contributed by atoms with van der Waals surface area (Å²) in [4.78, 5) is 22.4. The van der Waals surface area contributed by atoms with Crippen molar-refractivity contribution in [2.24, 2.45) is 5.92 Å². The molecule has 0 spiro atoms. The second-order valence-corrected chi connectivity index (χ2v) is 3.29. The Balaban J connectivity index is 2.71. The zero-order valence-corrected chi connectivity index (χ0v) is 8.11. The van der Waals surface area contributed by atoms with Crippen LogP contribution in [0.25, 0.3) is 0 Å². The lowest BCUT2D eigenvalue weighted by Gasteiger charge is -2.05. The molecule has 0 radical (unpaired) electrons. The number of rotatable bonds is 3. The molecule has 0 unspecified atom stereocenters. The third-order valence-corrected chi connectivity index (χ3v) is 1.49. The normalized spacial score (nSPS) is 10.2. The molecule has 0 amide bonds. The van der Waals surface area contributed by atoms with Gasteiger partial charge in [0.25, 0.3) is 5.56 Å². The van der Waals surface area contributed by atoms with Gasteiger partial charge in [0.15, 0.2) is 0 Å². The highest BCUT2D eigenvalue weighted by Crippen LogP contribution is 1.97. The average Bonchev–Trinajstić information content (AvgIpc) is 2.15. The lowest BCUT2D eigenvalue weighted by atomic mass is 10.2. The molecule has 0 aliphatic carbocycles. The van der Waals surface area contributed by atoms with Crippen molar-refractivity contribution in [2.45, 2.75) is 13.8 Å². The van der Waals surface area contributed by atoms with Gasteiger partial charge < -0.3 is 4.74 Å². The molecular formula is C9H12N2O3. The van der Waals surface area contributed by atoms with Crippen LogP contribution in [0.2, 0.25) is 0 Å². The second-order valence-electron chi connectivity index (χ2n) is 3.29. The van der Waals surface area contributed by atoms with Crippen molar-refractivity contribution in [2.75, 3.05) is 6.61 Å². The van der Waals surface area contributed by atoms with Crippen molar-refractivity contribution in [1.29, 1.82) is 0 Å². The van der Waals surface area contributed by atoms with E-state index in [1.54, 1.807) is 0 Å². The smallest absolute Gasteiger partial charge is 0.343 e. The molecule has 1 rings (SSSR count). The maximum atomic E-state index is 11.3. The fourth-order valence-corrected chi connectivity index (χ4v) is 0.824. The summed E-state index contributed by atoms with van der Waals surface area (Å²) in [6, 6.07) is 1.33. The van der Waals surface area contributed by atoms with Gasteiger partial charge in [-0.2, -0.15) is 5.10 Å². The number of carbonyl (C=O) groups is 1. The van der Waals surface area contributed by atoms with Crippen LogP contribution >= 0.6 is 0 Å². The maximum Gasteiger partial charge on any atom is 0.343 e. The maximum absolute atomic E-state index is 11.3. The summed E-state index contributed by atoms with van der Waals surface area (Å²) in [7, 11) is 0. The van der Waals surface area contributed by atoms with Gasteiger partial charge in [-0.1, -0.05) is 13.8 Å². The molecule has 5 heteroatoms. The van der Waals surface area contributed by atoms with Crippen LogP contribution in [0.4, 0.5) is 0 Å². The molecule has 5 nitrogen and oxygen atoms in total. The van der Waals surface area contributed by atoms with Gasteiger partial charge in [-0.3, -0.25) is 4.79 Å². The molecule has 0 saturated heterocycles. The Kier molecular flexibility index (Phi) is 3.39. The molecule has 0 fully saturated rings. The Labute approximate surface area is 81.1 Å². The van der Waals surface area contributed by atoms with Crippen molar-refractivity contribution < 1.29 is 9.53 Å². The van der Waals surface area contributed by atoms with Crippen LogP contribution in [0.15, 0.2) is 17.1 Å². The number of nitrogens with zero attached hydrogens (tertiary/aromatic N) is 1. The summed E-state index contributed by atoms with van der Waals surface area (Å²) in [5.41, 5.74) is -0.540. The lowest BCUT2D eigenvalue weighted by Crippen LogP contribution is -2.21. The molecule has 1 aromatic heterocycles. The first-order valence-electron chi connectivity index (χ1n) is 4.32. The highest BCUT2D eigenvalue weighted by Gasteiger charge is 2.11. The molecule has 0 saturated carbocycles. The number of hydrogen-bond donors (Lipinski definition) is 1. The number of carbonyl (C=O) groups excluding carboxylic acids is 1. The van der Waals surface area contributed by atoms with Gasteiger partial charge in [0.2, 0.25) is 0 Å². The van der Waals surface area contributed by atoms with Gasteiger partial charge in [-0.15, -0.1) is 0 Å². The van der Waals surface area contributed by atoms with Crippen molar-refractivity contribution in [3.8, 4) is 0 Å². The zero-order valence-electron chi connectivity index (χ0n) is 8.11. The van der Waals surface area contributed by atoms with E-state index in [0.717, 1.165) is 0 Å². The summed E-state index contributed by atoms with van der Waals surface area (Å²) in [5, 5.41) is 5.64. The van der Waals surface area contributed by atoms with Crippen LogP contribution in [0, 0.1) is 5.92 Å². The van der Waals surface area contributed by atoms with Gasteiger partial charge in [0, 0.05) is 6.20 Å². The Bertz CT molecular complexity index is 370. The van der Waals surface area contributed by atoms with Crippen LogP contribution in [0.1, 0.15) is 24.2 Å². The van der Waals surface area contributed by atoms with Gasteiger partial charge in [-0.25, -0.2) is 9.89 Å². The lowest BCUT2D eigenvalue weighted by molar-refractivity contribution is 0.0456. The molecule has 1 aromatic rings. The standard InChI is InChI=1S/C9H12N2O3/c1-6(2)5-14-9(13)7-3-4-10-11-8(7)12/h3-4,6H,5H2,1-2H3,(H,11,12). The van der Waals surface area contributed by atoms with Crippen LogP contribution in [0.5, 0.6) is 0 Å². The summed E-state index contributed by atoms with van der Waals surface area (Å²) in [6.45, 7) is 4.15. The van der Waals surface area contributed by atoms with E-state index < -0.39 is 11.5 Å². The van der Waals surface area contributed by atoms with Gasteiger partial charge in [0.05, 0.1) is 6.61 Å². The summed E-state index contributed by atoms with van der Waals surface area (Å²) in [5.74, 6) is -0.359. The Morgan fingerprint density at radius 3 is 2.93 bits per heavy atom. The fraction of sp³-hybridized carbons (Fsp3) is 0.444. The van der Waals surface area contributed by atoms with E-state index in [0.29, 0.717) is 6.61 Å². The number of ether oxygens (including phenoxy) is 1. The minimum absolute atomic E-state index is 0.0133. The van der Waals surface area contributed by atoms with Gasteiger partial charge >= 0.3 is 5.97 Å². The number of H-pyrrole nitrogens is 1. The van der Waals surface area contributed by atoms with E-state index >= 15 is 0 Å². The zero-order chi connectivity index (χ0) is 10.6. The SMILES string of the molecule is CC(C)COC(=O)c1ccn[nH]c1=O. The molecule has 0 atom stereocenters. The summed E-state index contributed by atoms with van der Waals surface area (Å²) >= 11 is 0. The molecule has 76 valence electrons. The number of nitrogens with one attached hydrogen (secondary N) is 1. The van der Waals surface area contributed by atoms with E-state index in [4.69, 9.17) is 4.74 Å². The van der Waals surface area contributed by atoms with E-state index in [2.05, 4.69) is 10.2 Å². The predicted octanol–water partition coefficient (Wildman–Crippen LogP) is 0.583. The highest BCUT2D eigenvalue weighted by atomic mass is 16.5. The van der Waals surface area contributed by atoms with Crippen molar-refractivity contribution in [3.63, 3.8) is 0 Å². The molecule has 0 aliphatic heterocycles. The number of aromatic nitrogens is 2. The minimum Gasteiger partial charge on any atom is -0.462 e. The quantitative estimate of drug-likeness (QED) is 0.718. The van der Waals surface area contributed by atoms with Crippen LogP contribution < -0.4 is 5.56 Å². The number of hydrogen-bond acceptors (Lipinski definition) is 4. The Hall–Kier alpha value is -1.65. The third kappa shape index (κ3) is 2.69. The van der Waals surface area contributed by atoms with Crippen molar-refractivity contribution >= 4 is 5.97 Å². The number of aromatic amines is 1. The van der Waals surface area contributed by atoms with E-state index in [-0.39, 0.29) is 11.5 Å². The largest absolute Gasteiger partial charge is 0.462 e. The van der Waals surface area contributed by atoms with Gasteiger partial charge in [0.1, 0.15) is 5.56 Å². The third-order valence-electron chi connectivity index (χ3n) is 1.49. The van der Waals surface area contributed by atoms with E-state index in [9.17, 15) is 9.59 Å². The molecule has 14 heavy (non-hydrogen) atoms. The molecule has 1 N–H and O–H groups in total. The van der Waals surface area contributed by atoms with Crippen LogP contribution in [-0.2, 0) is 4.74 Å². The summed E-state index contributed by atoms with van der Waals surface area (Å²) in [6.07, 6.45) is 1.34. The van der Waals surface area contributed by atoms with Gasteiger partial charge in [-0.05, 0) is 12.0 Å². The molecule has 1 heterocycles. The first kappa shape index (κ1) is 10.4. The molecule has 0 aromatic carbocycles. The highest BCUT2D eigenvalue weighted by molar-refractivity contribution is 5.88. The molecular weight excluding hydrogens is 184 g/mol. The van der Waals surface area contributed by atoms with Crippen LogP contribution in [0.3, 0.4) is 0 Å².